The standard InChI is InChI=1S/C19H20BrFN4O5/c1-29-15(26)8-14(18(27)30-2)24-19(28)25-6-5-13-16(23-9-22-13)17(25)11-4-3-10(20)7-12(11)21/h3-4,7,9,14,17H,5-6,8H2,1-2H3,(H,22,23)(H,24,28)/t14-,17?/m0/s1. The molecule has 0 saturated heterocycles. The summed E-state index contributed by atoms with van der Waals surface area (Å²) < 4.78 is 24.6. The van der Waals surface area contributed by atoms with E-state index in [1.165, 1.54) is 24.4 Å². The lowest BCUT2D eigenvalue weighted by atomic mass is 9.95. The minimum atomic E-state index is -1.24. The summed E-state index contributed by atoms with van der Waals surface area (Å²) in [4.78, 5) is 45.4. The molecule has 2 heterocycles. The van der Waals surface area contributed by atoms with Crippen LogP contribution in [0.2, 0.25) is 0 Å². The normalized spacial score (nSPS) is 16.4. The van der Waals surface area contributed by atoms with E-state index in [-0.39, 0.29) is 12.1 Å². The van der Waals surface area contributed by atoms with Crippen molar-refractivity contribution in [1.82, 2.24) is 20.2 Å². The van der Waals surface area contributed by atoms with Gasteiger partial charge in [-0.25, -0.2) is 19.0 Å². The van der Waals surface area contributed by atoms with Crippen LogP contribution >= 0.6 is 15.9 Å². The molecule has 160 valence electrons. The molecule has 0 spiro atoms. The maximum absolute atomic E-state index is 14.8. The molecule has 11 heteroatoms. The predicted molar refractivity (Wildman–Crippen MR) is 106 cm³/mol. The number of H-pyrrole nitrogens is 1. The number of hydrogen-bond donors (Lipinski definition) is 2. The summed E-state index contributed by atoms with van der Waals surface area (Å²) in [5.41, 5.74) is 1.56. The number of carbonyl (C=O) groups excluding carboxylic acids is 3. The lowest BCUT2D eigenvalue weighted by molar-refractivity contribution is -0.149. The molecule has 0 radical (unpaired) electrons. The molecule has 2 atom stereocenters. The van der Waals surface area contributed by atoms with Gasteiger partial charge in [0.25, 0.3) is 0 Å². The van der Waals surface area contributed by atoms with Crippen molar-refractivity contribution >= 4 is 33.9 Å². The van der Waals surface area contributed by atoms with Gasteiger partial charge in [-0.1, -0.05) is 22.0 Å². The first-order valence-electron chi connectivity index (χ1n) is 9.04. The topological polar surface area (TPSA) is 114 Å². The maximum atomic E-state index is 14.8. The Labute approximate surface area is 180 Å². The van der Waals surface area contributed by atoms with E-state index in [1.807, 2.05) is 0 Å². The summed E-state index contributed by atoms with van der Waals surface area (Å²) >= 11 is 3.22. The van der Waals surface area contributed by atoms with Gasteiger partial charge in [0.2, 0.25) is 0 Å². The van der Waals surface area contributed by atoms with Crippen LogP contribution in [0, 0.1) is 5.82 Å². The lowest BCUT2D eigenvalue weighted by Crippen LogP contribution is -2.52. The molecule has 9 nitrogen and oxygen atoms in total. The third-order valence-electron chi connectivity index (χ3n) is 4.82. The first kappa shape index (κ1) is 21.8. The number of halogens is 2. The number of hydrogen-bond acceptors (Lipinski definition) is 6. The number of urea groups is 1. The summed E-state index contributed by atoms with van der Waals surface area (Å²) in [6, 6.07) is 1.83. The molecule has 1 aliphatic rings. The molecule has 0 saturated carbocycles. The van der Waals surface area contributed by atoms with Crippen LogP contribution in [0.15, 0.2) is 29.0 Å². The highest BCUT2D eigenvalue weighted by Gasteiger charge is 2.37. The number of ether oxygens (including phenoxy) is 2. The molecular weight excluding hydrogens is 463 g/mol. The molecule has 2 amide bonds. The van der Waals surface area contributed by atoms with Gasteiger partial charge in [-0.05, 0) is 12.1 Å². The molecule has 1 aromatic carbocycles. The van der Waals surface area contributed by atoms with Crippen LogP contribution in [-0.4, -0.2) is 59.6 Å². The van der Waals surface area contributed by atoms with Crippen LogP contribution < -0.4 is 5.32 Å². The van der Waals surface area contributed by atoms with Gasteiger partial charge in [0.05, 0.1) is 32.7 Å². The number of nitrogens with zero attached hydrogens (tertiary/aromatic N) is 2. The number of aromatic nitrogens is 2. The second-order valence-electron chi connectivity index (χ2n) is 6.58. The predicted octanol–water partition coefficient (Wildman–Crippen LogP) is 2.07. The highest BCUT2D eigenvalue weighted by molar-refractivity contribution is 9.10. The molecule has 0 bridgehead atoms. The number of carbonyl (C=O) groups is 3. The van der Waals surface area contributed by atoms with Crippen molar-refractivity contribution in [1.29, 1.82) is 0 Å². The Balaban J connectivity index is 1.93. The molecule has 0 fully saturated rings. The average Bonchev–Trinajstić information content (AvgIpc) is 3.21. The van der Waals surface area contributed by atoms with Crippen molar-refractivity contribution in [3.63, 3.8) is 0 Å². The second-order valence-corrected chi connectivity index (χ2v) is 7.50. The van der Waals surface area contributed by atoms with Crippen LogP contribution in [-0.2, 0) is 25.5 Å². The number of amides is 2. The van der Waals surface area contributed by atoms with E-state index in [2.05, 4.69) is 40.7 Å². The monoisotopic (exact) mass is 482 g/mol. The first-order valence-corrected chi connectivity index (χ1v) is 9.83. The molecule has 3 rings (SSSR count). The molecule has 30 heavy (non-hydrogen) atoms. The number of rotatable bonds is 5. The molecule has 2 aromatic rings. The fourth-order valence-corrected chi connectivity index (χ4v) is 3.68. The van der Waals surface area contributed by atoms with Crippen LogP contribution in [0.3, 0.4) is 0 Å². The molecular formula is C19H20BrFN4O5. The second kappa shape index (κ2) is 9.24. The molecule has 1 aliphatic heterocycles. The lowest BCUT2D eigenvalue weighted by Gasteiger charge is -2.36. The van der Waals surface area contributed by atoms with Crippen molar-refractivity contribution in [3.8, 4) is 0 Å². The zero-order valence-corrected chi connectivity index (χ0v) is 17.9. The average molecular weight is 483 g/mol. The highest BCUT2D eigenvalue weighted by Crippen LogP contribution is 2.35. The highest BCUT2D eigenvalue weighted by atomic mass is 79.9. The zero-order valence-electron chi connectivity index (χ0n) is 16.3. The van der Waals surface area contributed by atoms with Crippen molar-refractivity contribution in [2.45, 2.75) is 24.9 Å². The Morgan fingerprint density at radius 3 is 2.80 bits per heavy atom. The maximum Gasteiger partial charge on any atom is 0.329 e. The van der Waals surface area contributed by atoms with E-state index in [1.54, 1.807) is 12.1 Å². The Kier molecular flexibility index (Phi) is 6.70. The van der Waals surface area contributed by atoms with Crippen molar-refractivity contribution < 1.29 is 28.2 Å². The number of aromatic amines is 1. The summed E-state index contributed by atoms with van der Waals surface area (Å²) in [7, 11) is 2.32. The van der Waals surface area contributed by atoms with E-state index < -0.39 is 42.3 Å². The van der Waals surface area contributed by atoms with Gasteiger partial charge in [-0.15, -0.1) is 0 Å². The van der Waals surface area contributed by atoms with Gasteiger partial charge in [0.1, 0.15) is 17.9 Å². The number of benzene rings is 1. The Morgan fingerprint density at radius 2 is 2.13 bits per heavy atom. The van der Waals surface area contributed by atoms with Crippen LogP contribution in [0.5, 0.6) is 0 Å². The van der Waals surface area contributed by atoms with E-state index in [0.29, 0.717) is 16.6 Å². The number of nitrogens with one attached hydrogen (secondary N) is 2. The summed E-state index contributed by atoms with van der Waals surface area (Å²) in [5.74, 6) is -1.99. The van der Waals surface area contributed by atoms with Crippen LogP contribution in [0.1, 0.15) is 29.4 Å². The number of methoxy groups -OCH3 is 2. The fourth-order valence-electron chi connectivity index (χ4n) is 3.35. The molecule has 2 N–H and O–H groups in total. The Morgan fingerprint density at radius 1 is 1.37 bits per heavy atom. The van der Waals surface area contributed by atoms with E-state index in [9.17, 15) is 18.8 Å². The number of imidazole rings is 1. The molecule has 0 aliphatic carbocycles. The minimum Gasteiger partial charge on any atom is -0.469 e. The van der Waals surface area contributed by atoms with Crippen LogP contribution in [0.4, 0.5) is 9.18 Å². The van der Waals surface area contributed by atoms with E-state index in [0.717, 1.165) is 12.8 Å². The van der Waals surface area contributed by atoms with Gasteiger partial charge in [0, 0.05) is 28.7 Å². The molecule has 1 aromatic heterocycles. The quantitative estimate of drug-likeness (QED) is 0.630. The van der Waals surface area contributed by atoms with Crippen molar-refractivity contribution in [2.24, 2.45) is 0 Å². The van der Waals surface area contributed by atoms with Gasteiger partial charge in [-0.3, -0.25) is 4.79 Å². The largest absolute Gasteiger partial charge is 0.469 e. The Bertz CT molecular complexity index is 966. The number of fused-ring (bicyclic) bond motifs is 1. The van der Waals surface area contributed by atoms with Gasteiger partial charge in [-0.2, -0.15) is 0 Å². The van der Waals surface area contributed by atoms with Crippen LogP contribution in [0.25, 0.3) is 0 Å². The minimum absolute atomic E-state index is 0.243. The van der Waals surface area contributed by atoms with Crippen molar-refractivity contribution in [3.05, 3.63) is 51.8 Å². The van der Waals surface area contributed by atoms with Crippen molar-refractivity contribution in [2.75, 3.05) is 20.8 Å². The summed E-state index contributed by atoms with van der Waals surface area (Å²) in [5, 5.41) is 2.50. The molecule has 1 unspecified atom stereocenters. The smallest absolute Gasteiger partial charge is 0.329 e. The van der Waals surface area contributed by atoms with Gasteiger partial charge in [0.15, 0.2) is 0 Å². The third-order valence-corrected chi connectivity index (χ3v) is 5.32. The first-order chi connectivity index (χ1) is 14.3. The fraction of sp³-hybridized carbons (Fsp3) is 0.368. The van der Waals surface area contributed by atoms with E-state index >= 15 is 0 Å². The summed E-state index contributed by atoms with van der Waals surface area (Å²) in [6.45, 7) is 0.243. The summed E-state index contributed by atoms with van der Waals surface area (Å²) in [6.07, 6.45) is 1.56. The van der Waals surface area contributed by atoms with Gasteiger partial charge >= 0.3 is 18.0 Å². The Hall–Kier alpha value is -2.95. The third kappa shape index (κ3) is 4.45. The number of esters is 2. The SMILES string of the molecule is COC(=O)C[C@H](NC(=O)N1CCc2[nH]cnc2C1c1ccc(Br)cc1F)C(=O)OC. The van der Waals surface area contributed by atoms with Gasteiger partial charge < -0.3 is 24.7 Å². The van der Waals surface area contributed by atoms with E-state index in [4.69, 9.17) is 0 Å². The zero-order chi connectivity index (χ0) is 21.8.